The SMILES string of the molecule is CN(C)[C@H]1Cc2c(cc(Cl)cc2C(F)(F)F)[C@@H]1Oc1ccc(S(=O)(=O)NCCOCCOCCNC(=O)NCCCCNC(=O)NCCOCCOCCNS(=O)(=O)c2ccc(O[C@H]3c4cc(Cl)cc(C(F)(F)F)c4C[C@@H]3N(C)C)cc2)cc1. The summed E-state index contributed by atoms with van der Waals surface area (Å²) >= 11 is 12.2. The molecule has 0 unspecified atom stereocenters. The maximum absolute atomic E-state index is 13.9. The molecule has 0 saturated carbocycles. The lowest BCUT2D eigenvalue weighted by Gasteiger charge is -2.27. The summed E-state index contributed by atoms with van der Waals surface area (Å²) in [4.78, 5) is 27.6. The standard InChI is InChI=1S/C54H70Cl2F6N8O12S2/c1-69(2)47-33-41-43(29-35(55)31-45(41)53(57,58)59)49(47)81-37-7-11-39(12-8-37)83(73,74)67-19-23-79-27-25-77-21-17-65-51(71)63-15-5-6-16-64-52(72)66-18-22-78-26-28-80-24-20-68-84(75,76)40-13-9-38(10-14-40)82-50-44-30-36(56)32-46(54(60,61)62)42(44)34-48(50)70(3)4/h7-14,29-32,47-50,67-68H,5-6,15-28,33-34H2,1-4H3,(H2,63,65,71)(H2,64,66,72)/t47-,48-,49-,50-/m0/s1. The van der Waals surface area contributed by atoms with Crippen molar-refractivity contribution >= 4 is 55.3 Å². The second-order valence-corrected chi connectivity index (χ2v) is 24.3. The van der Waals surface area contributed by atoms with Crippen molar-refractivity contribution in [2.45, 2.75) is 72.1 Å². The van der Waals surface area contributed by atoms with Crippen LogP contribution in [0.2, 0.25) is 10.0 Å². The van der Waals surface area contributed by atoms with E-state index in [0.29, 0.717) is 37.1 Å². The molecule has 6 N–H and O–H groups in total. The summed E-state index contributed by atoms with van der Waals surface area (Å²) in [6.45, 7) is 2.37. The number of sulfonamides is 2. The van der Waals surface area contributed by atoms with Gasteiger partial charge in [0.25, 0.3) is 0 Å². The first kappa shape index (κ1) is 67.9. The second kappa shape index (κ2) is 31.4. The third-order valence-electron chi connectivity index (χ3n) is 13.4. The average molecular weight is 1270 g/mol. The van der Waals surface area contributed by atoms with Gasteiger partial charge in [0.1, 0.15) is 23.7 Å². The minimum Gasteiger partial charge on any atom is -0.484 e. The van der Waals surface area contributed by atoms with E-state index >= 15 is 0 Å². The van der Waals surface area contributed by atoms with Crippen LogP contribution >= 0.6 is 23.2 Å². The summed E-state index contributed by atoms with van der Waals surface area (Å²) in [7, 11) is -0.881. The molecule has 4 aromatic rings. The maximum Gasteiger partial charge on any atom is 0.416 e. The molecule has 4 amide bonds. The number of hydrogen-bond acceptors (Lipinski definition) is 14. The first-order valence-electron chi connectivity index (χ1n) is 26.7. The summed E-state index contributed by atoms with van der Waals surface area (Å²) in [5, 5.41) is 10.6. The average Bonchev–Trinajstić information content (AvgIpc) is 2.66. The van der Waals surface area contributed by atoms with Gasteiger partial charge < -0.3 is 59.5 Å². The normalized spacial score (nSPS) is 17.1. The van der Waals surface area contributed by atoms with E-state index in [2.05, 4.69) is 30.7 Å². The van der Waals surface area contributed by atoms with Crippen LogP contribution in [0.5, 0.6) is 11.5 Å². The zero-order valence-corrected chi connectivity index (χ0v) is 49.7. The minimum atomic E-state index is -4.60. The number of ether oxygens (including phenoxy) is 6. The number of fused-ring (bicyclic) bond motifs is 2. The molecule has 0 spiro atoms. The lowest BCUT2D eigenvalue weighted by molar-refractivity contribution is -0.139. The second-order valence-electron chi connectivity index (χ2n) is 19.8. The Morgan fingerprint density at radius 2 is 0.821 bits per heavy atom. The fraction of sp³-hybridized carbons (Fsp3) is 0.519. The number of hydrogen-bond donors (Lipinski definition) is 6. The van der Waals surface area contributed by atoms with Crippen molar-refractivity contribution in [3.63, 3.8) is 0 Å². The van der Waals surface area contributed by atoms with Crippen molar-refractivity contribution in [3.05, 3.63) is 116 Å². The molecular formula is C54H70Cl2F6N8O12S2. The molecule has 466 valence electrons. The molecule has 0 bridgehead atoms. The van der Waals surface area contributed by atoms with Gasteiger partial charge in [0, 0.05) is 49.3 Å². The molecule has 0 aliphatic heterocycles. The molecule has 0 heterocycles. The highest BCUT2D eigenvalue weighted by atomic mass is 35.5. The van der Waals surface area contributed by atoms with Gasteiger partial charge in [-0.05, 0) is 149 Å². The number of likely N-dealkylation sites (N-methyl/N-ethyl adjacent to an activating group) is 2. The van der Waals surface area contributed by atoms with Crippen LogP contribution in [-0.4, -0.2) is 171 Å². The van der Waals surface area contributed by atoms with Crippen LogP contribution in [0.1, 0.15) is 58.4 Å². The number of carbonyl (C=O) groups is 2. The van der Waals surface area contributed by atoms with E-state index < -0.39 is 67.8 Å². The zero-order chi connectivity index (χ0) is 61.2. The number of amides is 4. The summed E-state index contributed by atoms with van der Waals surface area (Å²) in [6.07, 6.45) is -9.39. The quantitative estimate of drug-likeness (QED) is 0.0209. The lowest BCUT2D eigenvalue weighted by atomic mass is 10.0. The summed E-state index contributed by atoms with van der Waals surface area (Å²) in [6, 6.07) is 14.2. The lowest BCUT2D eigenvalue weighted by Crippen LogP contribution is -2.39. The van der Waals surface area contributed by atoms with Gasteiger partial charge in [-0.2, -0.15) is 26.3 Å². The molecule has 84 heavy (non-hydrogen) atoms. The largest absolute Gasteiger partial charge is 0.484 e. The van der Waals surface area contributed by atoms with Crippen molar-refractivity contribution in [1.29, 1.82) is 0 Å². The predicted molar refractivity (Wildman–Crippen MR) is 301 cm³/mol. The van der Waals surface area contributed by atoms with Gasteiger partial charge in [-0.3, -0.25) is 0 Å². The third-order valence-corrected chi connectivity index (χ3v) is 16.8. The van der Waals surface area contributed by atoms with Crippen LogP contribution in [0.4, 0.5) is 35.9 Å². The van der Waals surface area contributed by atoms with E-state index in [1.165, 1.54) is 60.7 Å². The van der Waals surface area contributed by atoms with E-state index in [1.807, 2.05) is 0 Å². The Kier molecular flexibility index (Phi) is 25.4. The highest BCUT2D eigenvalue weighted by Crippen LogP contribution is 2.47. The summed E-state index contributed by atoms with van der Waals surface area (Å²) < 4.78 is 174. The Hall–Kier alpha value is -5.24. The molecule has 4 aromatic carbocycles. The van der Waals surface area contributed by atoms with Crippen molar-refractivity contribution in [2.24, 2.45) is 0 Å². The first-order valence-corrected chi connectivity index (χ1v) is 30.5. The van der Waals surface area contributed by atoms with Crippen LogP contribution in [0, 0.1) is 0 Å². The highest BCUT2D eigenvalue weighted by Gasteiger charge is 2.45. The van der Waals surface area contributed by atoms with Crippen LogP contribution in [0.15, 0.2) is 82.6 Å². The van der Waals surface area contributed by atoms with Gasteiger partial charge in [0.05, 0.1) is 85.9 Å². The number of alkyl halides is 6. The number of carbonyl (C=O) groups excluding carboxylic acids is 2. The van der Waals surface area contributed by atoms with Crippen LogP contribution in [0.3, 0.4) is 0 Å². The number of unbranched alkanes of at least 4 members (excludes halogenated alkanes) is 1. The first-order chi connectivity index (χ1) is 39.7. The van der Waals surface area contributed by atoms with E-state index in [-0.39, 0.29) is 146 Å². The Labute approximate surface area is 494 Å². The van der Waals surface area contributed by atoms with E-state index in [4.69, 9.17) is 51.6 Å². The molecule has 2 aliphatic rings. The van der Waals surface area contributed by atoms with Crippen molar-refractivity contribution in [1.82, 2.24) is 40.5 Å². The molecule has 0 aromatic heterocycles. The van der Waals surface area contributed by atoms with Crippen LogP contribution < -0.4 is 40.2 Å². The maximum atomic E-state index is 13.9. The van der Waals surface area contributed by atoms with Crippen molar-refractivity contribution < 1.29 is 81.2 Å². The number of rotatable bonds is 33. The summed E-state index contributed by atoms with van der Waals surface area (Å²) in [5.41, 5.74) is -0.739. The van der Waals surface area contributed by atoms with Gasteiger partial charge in [0.15, 0.2) is 0 Å². The Bertz CT molecular complexity index is 2830. The summed E-state index contributed by atoms with van der Waals surface area (Å²) in [5.74, 6) is 0.534. The van der Waals surface area contributed by atoms with Gasteiger partial charge in [-0.1, -0.05) is 23.2 Å². The van der Waals surface area contributed by atoms with Crippen molar-refractivity contribution in [2.75, 3.05) is 120 Å². The smallest absolute Gasteiger partial charge is 0.416 e. The van der Waals surface area contributed by atoms with E-state index in [9.17, 15) is 52.8 Å². The Balaban J connectivity index is 0.713. The molecule has 0 radical (unpaired) electrons. The molecule has 20 nitrogen and oxygen atoms in total. The monoisotopic (exact) mass is 1270 g/mol. The predicted octanol–water partition coefficient (Wildman–Crippen LogP) is 6.95. The molecule has 0 fully saturated rings. The van der Waals surface area contributed by atoms with Crippen LogP contribution in [-0.2, 0) is 64.2 Å². The zero-order valence-electron chi connectivity index (χ0n) is 46.6. The Morgan fingerprint density at radius 1 is 0.500 bits per heavy atom. The topological polar surface area (TPSA) is 236 Å². The molecule has 4 atom stereocenters. The van der Waals surface area contributed by atoms with E-state index in [0.717, 1.165) is 12.1 Å². The minimum absolute atomic E-state index is 0.0314. The number of benzene rings is 4. The fourth-order valence-electron chi connectivity index (χ4n) is 9.27. The Morgan fingerprint density at radius 3 is 1.14 bits per heavy atom. The van der Waals surface area contributed by atoms with Gasteiger partial charge in [-0.25, -0.2) is 35.9 Å². The number of urea groups is 2. The van der Waals surface area contributed by atoms with E-state index in [1.54, 1.807) is 38.0 Å². The third kappa shape index (κ3) is 20.2. The fourth-order valence-corrected chi connectivity index (χ4v) is 11.7. The highest BCUT2D eigenvalue weighted by molar-refractivity contribution is 7.89. The van der Waals surface area contributed by atoms with Gasteiger partial charge in [0.2, 0.25) is 20.0 Å². The number of nitrogens with one attached hydrogen (secondary N) is 6. The molecule has 6 rings (SSSR count). The van der Waals surface area contributed by atoms with Gasteiger partial charge >= 0.3 is 24.4 Å². The molecular weight excluding hydrogens is 1200 g/mol. The molecule has 2 aliphatic carbocycles. The van der Waals surface area contributed by atoms with Crippen molar-refractivity contribution in [3.8, 4) is 11.5 Å². The number of nitrogens with zero attached hydrogens (tertiary/aromatic N) is 2. The molecule has 0 saturated heterocycles. The number of halogens is 8. The van der Waals surface area contributed by atoms with Gasteiger partial charge in [-0.15, -0.1) is 0 Å². The van der Waals surface area contributed by atoms with Crippen LogP contribution in [0.25, 0.3) is 0 Å². The molecule has 30 heteroatoms.